The van der Waals surface area contributed by atoms with Crippen molar-refractivity contribution in [2.24, 2.45) is 0 Å². The Hall–Kier alpha value is -2.57. The number of rotatable bonds is 3. The van der Waals surface area contributed by atoms with Crippen LogP contribution in [0.1, 0.15) is 12.0 Å². The monoisotopic (exact) mass is 338 g/mol. The fourth-order valence-corrected chi connectivity index (χ4v) is 2.84. The van der Waals surface area contributed by atoms with E-state index in [9.17, 15) is 22.4 Å². The summed E-state index contributed by atoms with van der Waals surface area (Å²) < 4.78 is 53.4. The largest absolute Gasteiger partial charge is 0.360 e. The first kappa shape index (κ1) is 16.3. The van der Waals surface area contributed by atoms with E-state index in [0.717, 1.165) is 18.2 Å². The maximum atomic E-state index is 14.1. The molecule has 1 aliphatic rings. The van der Waals surface area contributed by atoms with Crippen LogP contribution in [0.25, 0.3) is 0 Å². The number of fused-ring (bicyclic) bond motifs is 1. The number of nitrogens with zero attached hydrogens (tertiary/aromatic N) is 1. The van der Waals surface area contributed by atoms with Crippen LogP contribution in [0.3, 0.4) is 0 Å². The van der Waals surface area contributed by atoms with Crippen LogP contribution >= 0.6 is 0 Å². The highest BCUT2D eigenvalue weighted by molar-refractivity contribution is 5.94. The average Bonchev–Trinajstić information content (AvgIpc) is 2.50. The summed E-state index contributed by atoms with van der Waals surface area (Å²) in [5, 5.41) is 2.44. The molecule has 1 N–H and O–H groups in total. The standard InChI is InChI=1S/C17H14F4N2O/c18-11-6-10-2-1-5-23(17(10)15(21)7-11)9-16(24)22-12-3-4-13(19)14(20)8-12/h3-4,6-8H,1-2,5,9H2,(H,22,24). The molecule has 0 aliphatic carbocycles. The molecular weight excluding hydrogens is 324 g/mol. The summed E-state index contributed by atoms with van der Waals surface area (Å²) in [6, 6.07) is 5.05. The van der Waals surface area contributed by atoms with Crippen LogP contribution in [0.2, 0.25) is 0 Å². The molecule has 0 radical (unpaired) electrons. The Morgan fingerprint density at radius 3 is 2.58 bits per heavy atom. The maximum absolute atomic E-state index is 14.1. The van der Waals surface area contributed by atoms with E-state index in [1.54, 1.807) is 0 Å². The van der Waals surface area contributed by atoms with Gasteiger partial charge in [-0.2, -0.15) is 0 Å². The summed E-state index contributed by atoms with van der Waals surface area (Å²) in [5.74, 6) is -3.96. The van der Waals surface area contributed by atoms with Crippen molar-refractivity contribution in [3.63, 3.8) is 0 Å². The summed E-state index contributed by atoms with van der Waals surface area (Å²) in [4.78, 5) is 13.6. The van der Waals surface area contributed by atoms with Gasteiger partial charge in [0.1, 0.15) is 11.6 Å². The van der Waals surface area contributed by atoms with Gasteiger partial charge in [-0.3, -0.25) is 4.79 Å². The van der Waals surface area contributed by atoms with Crippen LogP contribution in [0.15, 0.2) is 30.3 Å². The van der Waals surface area contributed by atoms with Crippen molar-refractivity contribution in [1.82, 2.24) is 0 Å². The van der Waals surface area contributed by atoms with E-state index in [1.165, 1.54) is 17.0 Å². The van der Waals surface area contributed by atoms with Crippen LogP contribution < -0.4 is 10.2 Å². The minimum atomic E-state index is -1.07. The first-order valence-electron chi connectivity index (χ1n) is 7.42. The van der Waals surface area contributed by atoms with Gasteiger partial charge in [0.05, 0.1) is 12.2 Å². The van der Waals surface area contributed by atoms with Crippen molar-refractivity contribution in [3.05, 3.63) is 59.2 Å². The number of carbonyl (C=O) groups excluding carboxylic acids is 1. The second-order valence-electron chi connectivity index (χ2n) is 5.60. The maximum Gasteiger partial charge on any atom is 0.243 e. The Morgan fingerprint density at radius 1 is 1.04 bits per heavy atom. The minimum absolute atomic E-state index is 0.107. The lowest BCUT2D eigenvalue weighted by atomic mass is 10.0. The number of nitrogens with one attached hydrogen (secondary N) is 1. The van der Waals surface area contributed by atoms with Gasteiger partial charge in [-0.25, -0.2) is 17.6 Å². The smallest absolute Gasteiger partial charge is 0.243 e. The van der Waals surface area contributed by atoms with Gasteiger partial charge in [0, 0.05) is 24.4 Å². The van der Waals surface area contributed by atoms with Crippen LogP contribution in [-0.4, -0.2) is 19.0 Å². The van der Waals surface area contributed by atoms with Crippen molar-refractivity contribution in [2.75, 3.05) is 23.3 Å². The van der Waals surface area contributed by atoms with Gasteiger partial charge in [0.15, 0.2) is 11.6 Å². The van der Waals surface area contributed by atoms with Gasteiger partial charge in [0.25, 0.3) is 0 Å². The Bertz CT molecular complexity index is 794. The molecule has 0 spiro atoms. The van der Waals surface area contributed by atoms with Crippen LogP contribution in [-0.2, 0) is 11.2 Å². The lowest BCUT2D eigenvalue weighted by Gasteiger charge is -2.31. The molecule has 2 aromatic carbocycles. The minimum Gasteiger partial charge on any atom is -0.360 e. The zero-order chi connectivity index (χ0) is 17.3. The molecule has 0 fully saturated rings. The van der Waals surface area contributed by atoms with Gasteiger partial charge in [-0.15, -0.1) is 0 Å². The summed E-state index contributed by atoms with van der Waals surface area (Å²) in [6.07, 6.45) is 1.19. The second kappa shape index (κ2) is 6.51. The molecule has 0 saturated carbocycles. The summed E-state index contributed by atoms with van der Waals surface area (Å²) in [6.45, 7) is 0.273. The molecular formula is C17H14F4N2O. The highest BCUT2D eigenvalue weighted by Crippen LogP contribution is 2.30. The molecule has 24 heavy (non-hydrogen) atoms. The van der Waals surface area contributed by atoms with Gasteiger partial charge in [-0.05, 0) is 36.6 Å². The number of amides is 1. The van der Waals surface area contributed by atoms with E-state index < -0.39 is 29.2 Å². The number of anilines is 2. The number of hydrogen-bond donors (Lipinski definition) is 1. The highest BCUT2D eigenvalue weighted by Gasteiger charge is 2.23. The van der Waals surface area contributed by atoms with E-state index in [1.807, 2.05) is 0 Å². The lowest BCUT2D eigenvalue weighted by Crippen LogP contribution is -2.37. The Kier molecular flexibility index (Phi) is 4.42. The summed E-state index contributed by atoms with van der Waals surface area (Å²) >= 11 is 0. The number of hydrogen-bond acceptors (Lipinski definition) is 2. The fraction of sp³-hybridized carbons (Fsp3) is 0.235. The third kappa shape index (κ3) is 3.34. The van der Waals surface area contributed by atoms with Crippen molar-refractivity contribution in [3.8, 4) is 0 Å². The van der Waals surface area contributed by atoms with E-state index in [-0.39, 0.29) is 17.9 Å². The normalized spacial score (nSPS) is 13.6. The Balaban J connectivity index is 1.75. The molecule has 126 valence electrons. The lowest BCUT2D eigenvalue weighted by molar-refractivity contribution is -0.115. The number of carbonyl (C=O) groups is 1. The van der Waals surface area contributed by atoms with Crippen LogP contribution in [0, 0.1) is 23.3 Å². The molecule has 0 saturated heterocycles. The molecule has 1 heterocycles. The quantitative estimate of drug-likeness (QED) is 0.867. The predicted molar refractivity (Wildman–Crippen MR) is 81.9 cm³/mol. The van der Waals surface area contributed by atoms with Crippen LogP contribution in [0.4, 0.5) is 28.9 Å². The molecule has 0 bridgehead atoms. The van der Waals surface area contributed by atoms with Gasteiger partial charge in [0.2, 0.25) is 5.91 Å². The van der Waals surface area contributed by atoms with E-state index >= 15 is 0 Å². The van der Waals surface area contributed by atoms with E-state index in [4.69, 9.17) is 0 Å². The van der Waals surface area contributed by atoms with Crippen molar-refractivity contribution >= 4 is 17.3 Å². The molecule has 3 rings (SSSR count). The first-order valence-corrected chi connectivity index (χ1v) is 7.42. The molecule has 3 nitrogen and oxygen atoms in total. The predicted octanol–water partition coefficient (Wildman–Crippen LogP) is 3.63. The van der Waals surface area contributed by atoms with Crippen molar-refractivity contribution in [1.29, 1.82) is 0 Å². The van der Waals surface area contributed by atoms with Gasteiger partial charge >= 0.3 is 0 Å². The molecule has 0 unspecified atom stereocenters. The number of benzene rings is 2. The molecule has 1 amide bonds. The van der Waals surface area contributed by atoms with Crippen molar-refractivity contribution in [2.45, 2.75) is 12.8 Å². The zero-order valence-corrected chi connectivity index (χ0v) is 12.6. The molecule has 2 aromatic rings. The zero-order valence-electron chi connectivity index (χ0n) is 12.6. The molecule has 0 atom stereocenters. The topological polar surface area (TPSA) is 32.3 Å². The van der Waals surface area contributed by atoms with E-state index in [2.05, 4.69) is 5.32 Å². The second-order valence-corrected chi connectivity index (χ2v) is 5.60. The average molecular weight is 338 g/mol. The summed E-state index contributed by atoms with van der Waals surface area (Å²) in [7, 11) is 0. The first-order chi connectivity index (χ1) is 11.4. The molecule has 1 aliphatic heterocycles. The fourth-order valence-electron chi connectivity index (χ4n) is 2.84. The Labute approximate surface area is 135 Å². The third-order valence-electron chi connectivity index (χ3n) is 3.84. The highest BCUT2D eigenvalue weighted by atomic mass is 19.2. The number of halogens is 4. The SMILES string of the molecule is O=C(CN1CCCc2cc(F)cc(F)c21)Nc1ccc(F)c(F)c1. The summed E-state index contributed by atoms with van der Waals surface area (Å²) in [5.41, 5.74) is 0.832. The number of aryl methyl sites for hydroxylation is 1. The molecule has 0 aromatic heterocycles. The third-order valence-corrected chi connectivity index (χ3v) is 3.84. The van der Waals surface area contributed by atoms with E-state index in [0.29, 0.717) is 24.9 Å². The molecule has 7 heteroatoms. The van der Waals surface area contributed by atoms with Crippen molar-refractivity contribution < 1.29 is 22.4 Å². The van der Waals surface area contributed by atoms with Gasteiger partial charge in [-0.1, -0.05) is 0 Å². The Morgan fingerprint density at radius 2 is 1.83 bits per heavy atom. The van der Waals surface area contributed by atoms with Gasteiger partial charge < -0.3 is 10.2 Å². The van der Waals surface area contributed by atoms with Crippen LogP contribution in [0.5, 0.6) is 0 Å².